The first-order chi connectivity index (χ1) is 13.8. The highest BCUT2D eigenvalue weighted by atomic mass is 16.6. The standard InChI is InChI=1S/C26H32O3/c1-23-5-3-16-15(22(23)14-10-18(14)26(23)6-4-21(28)29-26)12-25(7-8-25)20-11-19(27)13-9-17(13)24(16,20)2/h11,13-18,22H,3-10,12H2,1-2H3/t13-,14?,15?,16?,17+,18?,22?,23+,24+,26+/m1/s1. The fourth-order valence-electron chi connectivity index (χ4n) is 10.8. The van der Waals surface area contributed by atoms with Crippen LogP contribution in [0.25, 0.3) is 0 Å². The van der Waals surface area contributed by atoms with Crippen LogP contribution < -0.4 is 0 Å². The van der Waals surface area contributed by atoms with Crippen molar-refractivity contribution in [2.45, 2.75) is 77.2 Å². The highest BCUT2D eigenvalue weighted by molar-refractivity contribution is 5.96. The van der Waals surface area contributed by atoms with E-state index in [1.165, 1.54) is 38.5 Å². The second-order valence-corrected chi connectivity index (χ2v) is 12.8. The summed E-state index contributed by atoms with van der Waals surface area (Å²) in [5.41, 5.74) is 2.26. The van der Waals surface area contributed by atoms with Crippen LogP contribution in [0.1, 0.15) is 71.6 Å². The first-order valence-corrected chi connectivity index (χ1v) is 12.3. The first kappa shape index (κ1) is 16.6. The van der Waals surface area contributed by atoms with E-state index in [2.05, 4.69) is 19.9 Å². The minimum absolute atomic E-state index is 0.0609. The molecule has 8 rings (SSSR count). The molecule has 29 heavy (non-hydrogen) atoms. The lowest BCUT2D eigenvalue weighted by Gasteiger charge is -2.62. The average molecular weight is 393 g/mol. The predicted octanol–water partition coefficient (Wildman–Crippen LogP) is 4.70. The largest absolute Gasteiger partial charge is 0.458 e. The monoisotopic (exact) mass is 392 g/mol. The molecule has 0 aromatic rings. The molecule has 7 aliphatic carbocycles. The normalized spacial score (nSPS) is 61.9. The molecule has 1 saturated heterocycles. The Labute approximate surface area is 173 Å². The van der Waals surface area contributed by atoms with Gasteiger partial charge in [-0.25, -0.2) is 0 Å². The Kier molecular flexibility index (Phi) is 2.52. The third-order valence-electron chi connectivity index (χ3n) is 12.2. The number of carbonyl (C=O) groups is 2. The zero-order valence-corrected chi connectivity index (χ0v) is 17.7. The van der Waals surface area contributed by atoms with Crippen LogP contribution in [0, 0.1) is 57.7 Å². The first-order valence-electron chi connectivity index (χ1n) is 12.3. The van der Waals surface area contributed by atoms with Crippen LogP contribution in [0.15, 0.2) is 11.6 Å². The molecule has 0 aromatic heterocycles. The summed E-state index contributed by atoms with van der Waals surface area (Å²) >= 11 is 0. The fraction of sp³-hybridized carbons (Fsp3) is 0.846. The Balaban J connectivity index is 1.26. The quantitative estimate of drug-likeness (QED) is 0.562. The Morgan fingerprint density at radius 2 is 1.79 bits per heavy atom. The summed E-state index contributed by atoms with van der Waals surface area (Å²) in [6, 6.07) is 0. The number of allylic oxidation sites excluding steroid dienone is 1. The molecule has 0 N–H and O–H groups in total. The van der Waals surface area contributed by atoms with Gasteiger partial charge in [0.2, 0.25) is 0 Å². The van der Waals surface area contributed by atoms with Crippen LogP contribution in [0.2, 0.25) is 0 Å². The van der Waals surface area contributed by atoms with Crippen molar-refractivity contribution in [2.75, 3.05) is 0 Å². The van der Waals surface area contributed by atoms with E-state index in [1.54, 1.807) is 5.57 Å². The topological polar surface area (TPSA) is 43.4 Å². The lowest BCUT2D eigenvalue weighted by atomic mass is 9.42. The van der Waals surface area contributed by atoms with Gasteiger partial charge in [-0.05, 0) is 97.9 Å². The Morgan fingerprint density at radius 3 is 2.52 bits per heavy atom. The number of ether oxygens (including phenoxy) is 1. The van der Waals surface area contributed by atoms with Gasteiger partial charge in [-0.2, -0.15) is 0 Å². The van der Waals surface area contributed by atoms with Crippen LogP contribution in [-0.4, -0.2) is 17.4 Å². The number of carbonyl (C=O) groups excluding carboxylic acids is 2. The molecule has 0 aromatic carbocycles. The zero-order valence-electron chi connectivity index (χ0n) is 17.7. The van der Waals surface area contributed by atoms with Crippen molar-refractivity contribution >= 4 is 11.8 Å². The summed E-state index contributed by atoms with van der Waals surface area (Å²) < 4.78 is 6.26. The summed E-state index contributed by atoms with van der Waals surface area (Å²) in [5.74, 6) is 5.18. The van der Waals surface area contributed by atoms with Crippen LogP contribution >= 0.6 is 0 Å². The Hall–Kier alpha value is -1.12. The molecule has 5 unspecified atom stereocenters. The minimum Gasteiger partial charge on any atom is -0.458 e. The Bertz CT molecular complexity index is 928. The van der Waals surface area contributed by atoms with Crippen molar-refractivity contribution in [3.8, 4) is 0 Å². The minimum atomic E-state index is -0.136. The van der Waals surface area contributed by atoms with Crippen molar-refractivity contribution in [3.05, 3.63) is 11.6 Å². The molecule has 1 heterocycles. The molecule has 0 amide bonds. The molecule has 2 spiro atoms. The number of rotatable bonds is 0. The van der Waals surface area contributed by atoms with Gasteiger partial charge in [-0.15, -0.1) is 0 Å². The maximum atomic E-state index is 12.7. The van der Waals surface area contributed by atoms with E-state index in [4.69, 9.17) is 4.74 Å². The number of fused-ring (bicyclic) bond motifs is 12. The van der Waals surface area contributed by atoms with Crippen LogP contribution in [0.5, 0.6) is 0 Å². The van der Waals surface area contributed by atoms with E-state index in [9.17, 15) is 9.59 Å². The summed E-state index contributed by atoms with van der Waals surface area (Å²) in [7, 11) is 0. The lowest BCUT2D eigenvalue weighted by Crippen LogP contribution is -2.58. The van der Waals surface area contributed by atoms with Crippen molar-refractivity contribution < 1.29 is 14.3 Å². The third kappa shape index (κ3) is 1.57. The van der Waals surface area contributed by atoms with Gasteiger partial charge in [0, 0.05) is 23.7 Å². The van der Waals surface area contributed by atoms with Crippen molar-refractivity contribution in [2.24, 2.45) is 57.7 Å². The number of ketones is 1. The maximum Gasteiger partial charge on any atom is 0.306 e. The second-order valence-electron chi connectivity index (χ2n) is 12.8. The predicted molar refractivity (Wildman–Crippen MR) is 107 cm³/mol. The number of esters is 1. The molecule has 3 nitrogen and oxygen atoms in total. The molecule has 154 valence electrons. The van der Waals surface area contributed by atoms with E-state index in [0.717, 1.165) is 36.5 Å². The molecule has 3 heteroatoms. The van der Waals surface area contributed by atoms with E-state index < -0.39 is 0 Å². The van der Waals surface area contributed by atoms with E-state index >= 15 is 0 Å². The molecular weight excluding hydrogens is 360 g/mol. The SMILES string of the molecule is C[C@@]12C(=CC(=O)[C@@H]3C[C@@H]31)C1(CC1)CC1C2CC[C@@]2(C)C1C1CC1[C@@]21CCC(=O)O1. The van der Waals surface area contributed by atoms with Gasteiger partial charge in [0.1, 0.15) is 5.60 Å². The molecular formula is C26H32O3. The summed E-state index contributed by atoms with van der Waals surface area (Å²) in [5, 5.41) is 0. The molecule has 8 aliphatic rings. The van der Waals surface area contributed by atoms with E-state index in [1.807, 2.05) is 0 Å². The molecule has 0 bridgehead atoms. The summed E-state index contributed by atoms with van der Waals surface area (Å²) in [6.45, 7) is 5.08. The van der Waals surface area contributed by atoms with Crippen LogP contribution in [0.4, 0.5) is 0 Å². The highest BCUT2D eigenvalue weighted by Crippen LogP contribution is 2.83. The molecule has 6 saturated carbocycles. The summed E-state index contributed by atoms with van der Waals surface area (Å²) in [6.07, 6.45) is 12.6. The van der Waals surface area contributed by atoms with Gasteiger partial charge in [0.05, 0.1) is 0 Å². The van der Waals surface area contributed by atoms with Gasteiger partial charge in [-0.3, -0.25) is 9.59 Å². The number of hydrogen-bond donors (Lipinski definition) is 0. The lowest BCUT2D eigenvalue weighted by molar-refractivity contribution is -0.178. The van der Waals surface area contributed by atoms with Gasteiger partial charge in [0.25, 0.3) is 0 Å². The number of hydrogen-bond acceptors (Lipinski definition) is 3. The van der Waals surface area contributed by atoms with Crippen LogP contribution in [0.3, 0.4) is 0 Å². The smallest absolute Gasteiger partial charge is 0.306 e. The van der Waals surface area contributed by atoms with E-state index in [0.29, 0.717) is 35.4 Å². The van der Waals surface area contributed by atoms with Crippen molar-refractivity contribution in [1.29, 1.82) is 0 Å². The van der Waals surface area contributed by atoms with Crippen molar-refractivity contribution in [3.63, 3.8) is 0 Å². The molecule has 1 aliphatic heterocycles. The van der Waals surface area contributed by atoms with Gasteiger partial charge >= 0.3 is 5.97 Å². The zero-order chi connectivity index (χ0) is 19.6. The third-order valence-corrected chi connectivity index (χ3v) is 12.2. The maximum absolute atomic E-state index is 12.7. The molecule has 0 radical (unpaired) electrons. The highest BCUT2D eigenvalue weighted by Gasteiger charge is 2.81. The average Bonchev–Trinajstić information content (AvgIpc) is 3.57. The van der Waals surface area contributed by atoms with Gasteiger partial charge in [-0.1, -0.05) is 19.4 Å². The molecule has 7 fully saturated rings. The summed E-state index contributed by atoms with van der Waals surface area (Å²) in [4.78, 5) is 24.9. The van der Waals surface area contributed by atoms with E-state index in [-0.39, 0.29) is 22.4 Å². The molecule has 10 atom stereocenters. The van der Waals surface area contributed by atoms with Gasteiger partial charge < -0.3 is 4.74 Å². The van der Waals surface area contributed by atoms with Gasteiger partial charge in [0.15, 0.2) is 5.78 Å². The van der Waals surface area contributed by atoms with Crippen molar-refractivity contribution in [1.82, 2.24) is 0 Å². The fourth-order valence-corrected chi connectivity index (χ4v) is 10.8. The second kappa shape index (κ2) is 4.41. The Morgan fingerprint density at radius 1 is 0.966 bits per heavy atom. The van der Waals surface area contributed by atoms with Crippen LogP contribution in [-0.2, 0) is 14.3 Å².